The van der Waals surface area contributed by atoms with Gasteiger partial charge in [-0.1, -0.05) is 12.1 Å². The largest absolute Gasteiger partial charge is 0.489 e. The SMILES string of the molecule is CN(C)CCn1cc(COc2ccc3oc(-c4ccccc4C#N)cc3c2)cn1. The van der Waals surface area contributed by atoms with Gasteiger partial charge in [-0.2, -0.15) is 10.4 Å². The average Bonchev–Trinajstić information content (AvgIpc) is 3.37. The van der Waals surface area contributed by atoms with Crippen molar-refractivity contribution in [1.29, 1.82) is 5.26 Å². The van der Waals surface area contributed by atoms with Crippen LogP contribution in [0.25, 0.3) is 22.3 Å². The minimum absolute atomic E-state index is 0.454. The average molecular weight is 386 g/mol. The molecule has 2 aromatic heterocycles. The molecular weight excluding hydrogens is 364 g/mol. The summed E-state index contributed by atoms with van der Waals surface area (Å²) in [5, 5.41) is 14.6. The predicted molar refractivity (Wildman–Crippen MR) is 111 cm³/mol. The Morgan fingerprint density at radius 3 is 2.86 bits per heavy atom. The van der Waals surface area contributed by atoms with E-state index >= 15 is 0 Å². The lowest BCUT2D eigenvalue weighted by Crippen LogP contribution is -2.18. The predicted octanol–water partition coefficient (Wildman–Crippen LogP) is 4.31. The highest BCUT2D eigenvalue weighted by molar-refractivity contribution is 5.85. The fourth-order valence-corrected chi connectivity index (χ4v) is 3.11. The Kier molecular flexibility index (Phi) is 5.32. The zero-order valence-electron chi connectivity index (χ0n) is 16.5. The Morgan fingerprint density at radius 1 is 1.17 bits per heavy atom. The molecule has 6 nitrogen and oxygen atoms in total. The maximum Gasteiger partial charge on any atom is 0.136 e. The van der Waals surface area contributed by atoms with Gasteiger partial charge in [-0.3, -0.25) is 4.68 Å². The van der Waals surface area contributed by atoms with Gasteiger partial charge < -0.3 is 14.1 Å². The minimum atomic E-state index is 0.454. The van der Waals surface area contributed by atoms with Crippen LogP contribution in [0.15, 0.2) is 65.3 Å². The Balaban J connectivity index is 1.48. The first-order valence-electron chi connectivity index (χ1n) is 9.44. The number of likely N-dealkylation sites (N-methyl/N-ethyl adjacent to an activating group) is 1. The molecule has 0 spiro atoms. The number of benzene rings is 2. The molecule has 4 rings (SSSR count). The van der Waals surface area contributed by atoms with E-state index in [4.69, 9.17) is 9.15 Å². The third kappa shape index (κ3) is 4.31. The van der Waals surface area contributed by atoms with Gasteiger partial charge in [0.25, 0.3) is 0 Å². The lowest BCUT2D eigenvalue weighted by Gasteiger charge is -2.08. The van der Waals surface area contributed by atoms with Crippen LogP contribution in [-0.2, 0) is 13.2 Å². The Labute approximate surface area is 169 Å². The van der Waals surface area contributed by atoms with E-state index in [0.717, 1.165) is 40.9 Å². The van der Waals surface area contributed by atoms with Gasteiger partial charge >= 0.3 is 0 Å². The van der Waals surface area contributed by atoms with Crippen molar-refractivity contribution in [3.63, 3.8) is 0 Å². The number of nitriles is 1. The van der Waals surface area contributed by atoms with Crippen molar-refractivity contribution in [1.82, 2.24) is 14.7 Å². The summed E-state index contributed by atoms with van der Waals surface area (Å²) < 4.78 is 13.8. The zero-order chi connectivity index (χ0) is 20.2. The number of furan rings is 1. The number of nitrogens with zero attached hydrogens (tertiary/aromatic N) is 4. The molecule has 2 heterocycles. The van der Waals surface area contributed by atoms with Gasteiger partial charge in [0.05, 0.1) is 24.4 Å². The lowest BCUT2D eigenvalue weighted by atomic mass is 10.1. The molecule has 6 heteroatoms. The molecule has 0 saturated heterocycles. The Hall–Kier alpha value is -3.56. The number of aromatic nitrogens is 2. The van der Waals surface area contributed by atoms with Crippen LogP contribution in [0, 0.1) is 11.3 Å². The first-order valence-corrected chi connectivity index (χ1v) is 9.44. The molecule has 0 aliphatic heterocycles. The van der Waals surface area contributed by atoms with Crippen molar-refractivity contribution >= 4 is 11.0 Å². The van der Waals surface area contributed by atoms with E-state index in [9.17, 15) is 5.26 Å². The number of ether oxygens (including phenoxy) is 1. The lowest BCUT2D eigenvalue weighted by molar-refractivity contribution is 0.306. The third-order valence-corrected chi connectivity index (χ3v) is 4.67. The monoisotopic (exact) mass is 386 g/mol. The molecule has 2 aromatic carbocycles. The summed E-state index contributed by atoms with van der Waals surface area (Å²) >= 11 is 0. The molecule has 4 aromatic rings. The van der Waals surface area contributed by atoms with Gasteiger partial charge in [0.2, 0.25) is 0 Å². The van der Waals surface area contributed by atoms with Crippen molar-refractivity contribution in [2.45, 2.75) is 13.2 Å². The summed E-state index contributed by atoms with van der Waals surface area (Å²) in [4.78, 5) is 2.13. The molecule has 0 unspecified atom stereocenters. The quantitative estimate of drug-likeness (QED) is 0.473. The molecule has 0 bridgehead atoms. The molecule has 0 radical (unpaired) electrons. The Morgan fingerprint density at radius 2 is 2.03 bits per heavy atom. The van der Waals surface area contributed by atoms with Gasteiger partial charge in [-0.15, -0.1) is 0 Å². The van der Waals surface area contributed by atoms with Gasteiger partial charge in [0.15, 0.2) is 0 Å². The highest BCUT2D eigenvalue weighted by atomic mass is 16.5. The van der Waals surface area contributed by atoms with Gasteiger partial charge in [-0.25, -0.2) is 0 Å². The molecule has 0 aliphatic rings. The van der Waals surface area contributed by atoms with Gasteiger partial charge in [0, 0.05) is 29.3 Å². The summed E-state index contributed by atoms with van der Waals surface area (Å²) in [7, 11) is 4.09. The highest BCUT2D eigenvalue weighted by Crippen LogP contribution is 2.32. The summed E-state index contributed by atoms with van der Waals surface area (Å²) in [6, 6.07) is 17.3. The molecule has 0 fully saturated rings. The minimum Gasteiger partial charge on any atom is -0.489 e. The molecule has 0 saturated carbocycles. The standard InChI is InChI=1S/C23H22N4O2/c1-26(2)9-10-27-15-17(14-25-27)16-28-20-7-8-22-19(11-20)12-23(29-22)21-6-4-3-5-18(21)13-24/h3-8,11-12,14-15H,9-10,16H2,1-2H3. The number of hydrogen-bond acceptors (Lipinski definition) is 5. The second-order valence-corrected chi connectivity index (χ2v) is 7.17. The first-order chi connectivity index (χ1) is 14.1. The topological polar surface area (TPSA) is 67.2 Å². The van der Waals surface area contributed by atoms with Crippen LogP contribution >= 0.6 is 0 Å². The van der Waals surface area contributed by atoms with Crippen molar-refractivity contribution < 1.29 is 9.15 Å². The van der Waals surface area contributed by atoms with Crippen LogP contribution in [0.3, 0.4) is 0 Å². The van der Waals surface area contributed by atoms with Crippen LogP contribution < -0.4 is 4.74 Å². The molecule has 0 amide bonds. The smallest absolute Gasteiger partial charge is 0.136 e. The molecule has 0 aliphatic carbocycles. The van der Waals surface area contributed by atoms with Crippen LogP contribution in [0.5, 0.6) is 5.75 Å². The van der Waals surface area contributed by atoms with Crippen LogP contribution in [0.1, 0.15) is 11.1 Å². The van der Waals surface area contributed by atoms with Crippen molar-refractivity contribution in [3.05, 3.63) is 72.1 Å². The van der Waals surface area contributed by atoms with E-state index in [-0.39, 0.29) is 0 Å². The van der Waals surface area contributed by atoms with Crippen molar-refractivity contribution in [2.75, 3.05) is 20.6 Å². The molecule has 0 N–H and O–H groups in total. The molecule has 29 heavy (non-hydrogen) atoms. The summed E-state index contributed by atoms with van der Waals surface area (Å²) in [5.41, 5.74) is 3.17. The molecule has 0 atom stereocenters. The van der Waals surface area contributed by atoms with Crippen LogP contribution in [-0.4, -0.2) is 35.3 Å². The van der Waals surface area contributed by atoms with Gasteiger partial charge in [-0.05, 0) is 50.5 Å². The van der Waals surface area contributed by atoms with E-state index in [2.05, 4.69) is 16.1 Å². The Bertz CT molecular complexity index is 1170. The fraction of sp³-hybridized carbons (Fsp3) is 0.217. The fourth-order valence-electron chi connectivity index (χ4n) is 3.11. The second kappa shape index (κ2) is 8.21. The summed E-state index contributed by atoms with van der Waals surface area (Å²) in [6.45, 7) is 2.24. The first kappa shape index (κ1) is 18.8. The number of rotatable bonds is 7. The molecular formula is C23H22N4O2. The summed E-state index contributed by atoms with van der Waals surface area (Å²) in [6.07, 6.45) is 3.85. The number of fused-ring (bicyclic) bond motifs is 1. The van der Waals surface area contributed by atoms with Gasteiger partial charge in [0.1, 0.15) is 23.7 Å². The maximum absolute atomic E-state index is 9.32. The highest BCUT2D eigenvalue weighted by Gasteiger charge is 2.11. The van der Waals surface area contributed by atoms with E-state index in [1.54, 1.807) is 6.07 Å². The normalized spacial score (nSPS) is 11.1. The van der Waals surface area contributed by atoms with E-state index in [0.29, 0.717) is 17.9 Å². The van der Waals surface area contributed by atoms with E-state index in [1.807, 2.05) is 73.6 Å². The van der Waals surface area contributed by atoms with Crippen LogP contribution in [0.2, 0.25) is 0 Å². The molecule has 146 valence electrons. The van der Waals surface area contributed by atoms with Crippen molar-refractivity contribution in [3.8, 4) is 23.1 Å². The zero-order valence-corrected chi connectivity index (χ0v) is 16.5. The van der Waals surface area contributed by atoms with E-state index in [1.165, 1.54) is 0 Å². The van der Waals surface area contributed by atoms with Crippen molar-refractivity contribution in [2.24, 2.45) is 0 Å². The summed E-state index contributed by atoms with van der Waals surface area (Å²) in [5.74, 6) is 1.44. The second-order valence-electron chi connectivity index (χ2n) is 7.17. The van der Waals surface area contributed by atoms with Crippen LogP contribution in [0.4, 0.5) is 0 Å². The van der Waals surface area contributed by atoms with E-state index < -0.39 is 0 Å². The third-order valence-electron chi connectivity index (χ3n) is 4.67. The number of hydrogen-bond donors (Lipinski definition) is 0. The maximum atomic E-state index is 9.32.